The first kappa shape index (κ1) is 17.8. The third-order valence-corrected chi connectivity index (χ3v) is 3.30. The quantitative estimate of drug-likeness (QED) is 0.594. The van der Waals surface area contributed by atoms with Crippen LogP contribution in [0.15, 0.2) is 54.5 Å². The number of nitrogens with one attached hydrogen (secondary N) is 2. The molecule has 0 radical (unpaired) electrons. The predicted molar refractivity (Wildman–Crippen MR) is 92.9 cm³/mol. The van der Waals surface area contributed by atoms with Crippen molar-refractivity contribution in [2.75, 3.05) is 19.5 Å². The van der Waals surface area contributed by atoms with Crippen molar-refractivity contribution in [3.63, 3.8) is 0 Å². The summed E-state index contributed by atoms with van der Waals surface area (Å²) in [5.74, 6) is 0.482. The SMILES string of the molecule is COc1ccc(OC)c(NC(=O)/C(C#N)=C\NCc2cccnc2)c1. The Kier molecular flexibility index (Phi) is 6.37. The third-order valence-electron chi connectivity index (χ3n) is 3.30. The van der Waals surface area contributed by atoms with E-state index in [1.54, 1.807) is 30.6 Å². The molecule has 0 atom stereocenters. The van der Waals surface area contributed by atoms with Crippen LogP contribution in [-0.4, -0.2) is 25.1 Å². The second-order valence-electron chi connectivity index (χ2n) is 4.93. The van der Waals surface area contributed by atoms with Crippen LogP contribution in [0.3, 0.4) is 0 Å². The van der Waals surface area contributed by atoms with Crippen LogP contribution in [0.2, 0.25) is 0 Å². The van der Waals surface area contributed by atoms with Crippen molar-refractivity contribution < 1.29 is 14.3 Å². The number of benzene rings is 1. The summed E-state index contributed by atoms with van der Waals surface area (Å²) in [4.78, 5) is 16.3. The molecular weight excluding hydrogens is 320 g/mol. The smallest absolute Gasteiger partial charge is 0.267 e. The van der Waals surface area contributed by atoms with Crippen molar-refractivity contribution in [3.05, 3.63) is 60.1 Å². The summed E-state index contributed by atoms with van der Waals surface area (Å²) in [6, 6.07) is 10.6. The number of carbonyl (C=O) groups is 1. The summed E-state index contributed by atoms with van der Waals surface area (Å²) in [5, 5.41) is 14.8. The standard InChI is InChI=1S/C18H18N4O3/c1-24-15-5-6-17(25-2)16(8-15)22-18(23)14(9-19)12-21-11-13-4-3-7-20-10-13/h3-8,10,12,21H,11H2,1-2H3,(H,22,23)/b14-12-. The molecule has 0 bridgehead atoms. The zero-order valence-electron chi connectivity index (χ0n) is 13.9. The van der Waals surface area contributed by atoms with Crippen LogP contribution >= 0.6 is 0 Å². The first-order valence-corrected chi connectivity index (χ1v) is 7.44. The molecule has 0 aliphatic rings. The molecule has 7 heteroatoms. The van der Waals surface area contributed by atoms with Crippen LogP contribution in [0.1, 0.15) is 5.56 Å². The van der Waals surface area contributed by atoms with E-state index in [9.17, 15) is 10.1 Å². The topological polar surface area (TPSA) is 96.3 Å². The average Bonchev–Trinajstić information content (AvgIpc) is 2.65. The van der Waals surface area contributed by atoms with Gasteiger partial charge in [-0.3, -0.25) is 9.78 Å². The normalized spacial score (nSPS) is 10.5. The minimum absolute atomic E-state index is 0.0613. The number of pyridine rings is 1. The maximum absolute atomic E-state index is 12.3. The van der Waals surface area contributed by atoms with Gasteiger partial charge >= 0.3 is 0 Å². The molecule has 0 spiro atoms. The number of ether oxygens (including phenoxy) is 2. The third kappa shape index (κ3) is 4.97. The number of hydrogen-bond donors (Lipinski definition) is 2. The van der Waals surface area contributed by atoms with Gasteiger partial charge in [0.25, 0.3) is 5.91 Å². The summed E-state index contributed by atoms with van der Waals surface area (Å²) in [7, 11) is 3.02. The fourth-order valence-corrected chi connectivity index (χ4v) is 2.02. The van der Waals surface area contributed by atoms with E-state index in [-0.39, 0.29) is 5.57 Å². The average molecular weight is 338 g/mol. The van der Waals surface area contributed by atoms with Crippen molar-refractivity contribution in [1.82, 2.24) is 10.3 Å². The number of rotatable bonds is 7. The van der Waals surface area contributed by atoms with Gasteiger partial charge in [0.1, 0.15) is 23.1 Å². The van der Waals surface area contributed by atoms with E-state index < -0.39 is 5.91 Å². The van der Waals surface area contributed by atoms with Crippen molar-refractivity contribution in [3.8, 4) is 17.6 Å². The number of nitriles is 1. The summed E-state index contributed by atoms with van der Waals surface area (Å²) in [5.41, 5.74) is 1.29. The molecule has 128 valence electrons. The molecule has 0 fully saturated rings. The highest BCUT2D eigenvalue weighted by Crippen LogP contribution is 2.29. The molecule has 1 amide bonds. The van der Waals surface area contributed by atoms with Gasteiger partial charge in [-0.1, -0.05) is 6.07 Å². The zero-order valence-corrected chi connectivity index (χ0v) is 13.9. The van der Waals surface area contributed by atoms with Gasteiger partial charge in [-0.05, 0) is 23.8 Å². The zero-order chi connectivity index (χ0) is 18.1. The Morgan fingerprint density at radius 2 is 2.16 bits per heavy atom. The summed E-state index contributed by atoms with van der Waals surface area (Å²) in [6.45, 7) is 0.453. The summed E-state index contributed by atoms with van der Waals surface area (Å²) < 4.78 is 10.3. The molecule has 0 unspecified atom stereocenters. The van der Waals surface area contributed by atoms with E-state index in [2.05, 4.69) is 15.6 Å². The van der Waals surface area contributed by atoms with Crippen LogP contribution in [-0.2, 0) is 11.3 Å². The van der Waals surface area contributed by atoms with Gasteiger partial charge in [-0.15, -0.1) is 0 Å². The maximum Gasteiger partial charge on any atom is 0.267 e. The van der Waals surface area contributed by atoms with E-state index in [1.807, 2.05) is 18.2 Å². The number of hydrogen-bond acceptors (Lipinski definition) is 6. The number of nitrogens with zero attached hydrogens (tertiary/aromatic N) is 2. The highest BCUT2D eigenvalue weighted by Gasteiger charge is 2.13. The lowest BCUT2D eigenvalue weighted by Crippen LogP contribution is -2.17. The van der Waals surface area contributed by atoms with E-state index in [0.717, 1.165) is 5.56 Å². The van der Waals surface area contributed by atoms with Crippen LogP contribution in [0, 0.1) is 11.3 Å². The predicted octanol–water partition coefficient (Wildman–Crippen LogP) is 2.23. The molecule has 25 heavy (non-hydrogen) atoms. The molecule has 2 aromatic rings. The highest BCUT2D eigenvalue weighted by atomic mass is 16.5. The number of methoxy groups -OCH3 is 2. The van der Waals surface area contributed by atoms with Crippen LogP contribution in [0.5, 0.6) is 11.5 Å². The van der Waals surface area contributed by atoms with E-state index >= 15 is 0 Å². The van der Waals surface area contributed by atoms with Crippen LogP contribution in [0.4, 0.5) is 5.69 Å². The number of amides is 1. The molecule has 1 aromatic heterocycles. The van der Waals surface area contributed by atoms with Gasteiger partial charge in [0, 0.05) is 31.2 Å². The Hall–Kier alpha value is -3.53. The van der Waals surface area contributed by atoms with Gasteiger partial charge in [0.05, 0.1) is 19.9 Å². The van der Waals surface area contributed by atoms with Gasteiger partial charge in [-0.2, -0.15) is 5.26 Å². The number of aromatic nitrogens is 1. The molecule has 1 aromatic carbocycles. The van der Waals surface area contributed by atoms with Gasteiger partial charge in [0.15, 0.2) is 0 Å². The largest absolute Gasteiger partial charge is 0.497 e. The second-order valence-corrected chi connectivity index (χ2v) is 4.93. The maximum atomic E-state index is 12.3. The summed E-state index contributed by atoms with van der Waals surface area (Å²) in [6.07, 6.45) is 4.75. The van der Waals surface area contributed by atoms with Crippen molar-refractivity contribution in [1.29, 1.82) is 5.26 Å². The van der Waals surface area contributed by atoms with E-state index in [1.165, 1.54) is 20.4 Å². The van der Waals surface area contributed by atoms with Crippen molar-refractivity contribution >= 4 is 11.6 Å². The molecule has 0 aliphatic heterocycles. The fraction of sp³-hybridized carbons (Fsp3) is 0.167. The number of carbonyl (C=O) groups excluding carboxylic acids is 1. The van der Waals surface area contributed by atoms with Gasteiger partial charge in [0.2, 0.25) is 0 Å². The van der Waals surface area contributed by atoms with E-state index in [0.29, 0.717) is 23.7 Å². The Bertz CT molecular complexity index is 798. The fourth-order valence-electron chi connectivity index (χ4n) is 2.02. The second kappa shape index (κ2) is 8.93. The van der Waals surface area contributed by atoms with Gasteiger partial charge < -0.3 is 20.1 Å². The monoisotopic (exact) mass is 338 g/mol. The van der Waals surface area contributed by atoms with Crippen molar-refractivity contribution in [2.45, 2.75) is 6.54 Å². The Morgan fingerprint density at radius 3 is 2.80 bits per heavy atom. The Balaban J connectivity index is 2.07. The van der Waals surface area contributed by atoms with Crippen LogP contribution in [0.25, 0.3) is 0 Å². The lowest BCUT2D eigenvalue weighted by atomic mass is 10.2. The Morgan fingerprint density at radius 1 is 1.32 bits per heavy atom. The lowest BCUT2D eigenvalue weighted by molar-refractivity contribution is -0.112. The molecule has 2 rings (SSSR count). The minimum atomic E-state index is -0.548. The molecule has 7 nitrogen and oxygen atoms in total. The molecule has 0 saturated heterocycles. The Labute approximate surface area is 145 Å². The molecule has 1 heterocycles. The molecule has 0 aliphatic carbocycles. The highest BCUT2D eigenvalue weighted by molar-refractivity contribution is 6.07. The van der Waals surface area contributed by atoms with Gasteiger partial charge in [-0.25, -0.2) is 0 Å². The first-order chi connectivity index (χ1) is 12.2. The lowest BCUT2D eigenvalue weighted by Gasteiger charge is -2.11. The first-order valence-electron chi connectivity index (χ1n) is 7.44. The minimum Gasteiger partial charge on any atom is -0.497 e. The molecular formula is C18H18N4O3. The summed E-state index contributed by atoms with van der Waals surface area (Å²) >= 11 is 0. The van der Waals surface area contributed by atoms with E-state index in [4.69, 9.17) is 9.47 Å². The molecule has 0 saturated carbocycles. The van der Waals surface area contributed by atoms with Crippen LogP contribution < -0.4 is 20.1 Å². The number of anilines is 1. The van der Waals surface area contributed by atoms with Crippen molar-refractivity contribution in [2.24, 2.45) is 0 Å². The molecule has 2 N–H and O–H groups in total.